The topological polar surface area (TPSA) is 75.4 Å². The molecule has 0 aromatic heterocycles. The fourth-order valence-electron chi connectivity index (χ4n) is 1.64. The average Bonchev–Trinajstić information content (AvgIpc) is 2.25. The van der Waals surface area contributed by atoms with Gasteiger partial charge in [0.15, 0.2) is 0 Å². The minimum atomic E-state index is -0.631. The summed E-state index contributed by atoms with van der Waals surface area (Å²) in [5.74, 6) is -0.142. The van der Waals surface area contributed by atoms with Gasteiger partial charge in [-0.25, -0.2) is 0 Å². The van der Waals surface area contributed by atoms with Crippen molar-refractivity contribution in [1.82, 2.24) is 5.32 Å². The van der Waals surface area contributed by atoms with Crippen LogP contribution in [0.15, 0.2) is 18.2 Å². The van der Waals surface area contributed by atoms with Crippen LogP contribution in [0.1, 0.15) is 28.4 Å². The Hall–Kier alpha value is -1.39. The molecule has 0 saturated carbocycles. The average molecular weight is 236 g/mol. The van der Waals surface area contributed by atoms with Crippen molar-refractivity contribution in [1.29, 1.82) is 0 Å². The van der Waals surface area contributed by atoms with Crippen LogP contribution in [0.2, 0.25) is 0 Å². The Balaban J connectivity index is 2.71. The maximum absolute atomic E-state index is 12.0. The van der Waals surface area contributed by atoms with Crippen molar-refractivity contribution < 1.29 is 9.90 Å². The van der Waals surface area contributed by atoms with Crippen molar-refractivity contribution in [3.63, 3.8) is 0 Å². The summed E-state index contributed by atoms with van der Waals surface area (Å²) in [5.41, 5.74) is 8.22. The first kappa shape index (κ1) is 13.7. The number of carbonyl (C=O) groups excluding carboxylic acids is 1. The lowest BCUT2D eigenvalue weighted by atomic mass is 10.0. The van der Waals surface area contributed by atoms with Crippen LogP contribution in [-0.2, 0) is 0 Å². The number of aryl methyl sites for hydroxylation is 2. The molecule has 1 amide bonds. The Morgan fingerprint density at radius 2 is 1.94 bits per heavy atom. The van der Waals surface area contributed by atoms with E-state index in [1.165, 1.54) is 0 Å². The molecule has 0 aliphatic heterocycles. The van der Waals surface area contributed by atoms with Crippen LogP contribution in [-0.4, -0.2) is 29.7 Å². The maximum atomic E-state index is 12.0. The summed E-state index contributed by atoms with van der Waals surface area (Å²) < 4.78 is 0. The molecule has 1 rings (SSSR count). The third kappa shape index (κ3) is 3.54. The van der Waals surface area contributed by atoms with Crippen LogP contribution in [0.4, 0.5) is 0 Å². The molecular formula is C13H20N2O2. The van der Waals surface area contributed by atoms with Gasteiger partial charge in [-0.15, -0.1) is 0 Å². The Labute approximate surface area is 102 Å². The van der Waals surface area contributed by atoms with Gasteiger partial charge in [-0.3, -0.25) is 4.79 Å². The predicted octanol–water partition coefficient (Wildman–Crippen LogP) is 0.741. The van der Waals surface area contributed by atoms with E-state index < -0.39 is 12.1 Å². The van der Waals surface area contributed by atoms with Crippen LogP contribution >= 0.6 is 0 Å². The number of rotatable bonds is 4. The predicted molar refractivity (Wildman–Crippen MR) is 67.9 cm³/mol. The molecule has 17 heavy (non-hydrogen) atoms. The standard InChI is InChI=1S/C13H20N2O2/c1-8-5-4-6-9(2)12(8)13(17)15-7-11(14)10(3)16/h4-6,10-11,16H,7,14H2,1-3H3,(H,15,17). The first-order valence-electron chi connectivity index (χ1n) is 5.71. The molecule has 2 unspecified atom stereocenters. The molecule has 0 spiro atoms. The van der Waals surface area contributed by atoms with Crippen molar-refractivity contribution in [2.24, 2.45) is 5.73 Å². The van der Waals surface area contributed by atoms with E-state index in [1.807, 2.05) is 32.0 Å². The Morgan fingerprint density at radius 3 is 2.41 bits per heavy atom. The lowest BCUT2D eigenvalue weighted by molar-refractivity contribution is 0.0936. The second kappa shape index (κ2) is 5.80. The molecule has 0 heterocycles. The zero-order valence-electron chi connectivity index (χ0n) is 10.5. The zero-order chi connectivity index (χ0) is 13.0. The molecule has 2 atom stereocenters. The summed E-state index contributed by atoms with van der Waals surface area (Å²) in [5, 5.41) is 12.0. The minimum absolute atomic E-state index is 0.142. The smallest absolute Gasteiger partial charge is 0.251 e. The highest BCUT2D eigenvalue weighted by molar-refractivity contribution is 5.97. The number of benzene rings is 1. The van der Waals surface area contributed by atoms with Gasteiger partial charge in [0.1, 0.15) is 0 Å². The summed E-state index contributed by atoms with van der Waals surface area (Å²) in [6.07, 6.45) is -0.631. The normalized spacial score (nSPS) is 14.2. The van der Waals surface area contributed by atoms with Crippen molar-refractivity contribution in [2.75, 3.05) is 6.54 Å². The third-order valence-corrected chi connectivity index (χ3v) is 2.83. The Bertz CT molecular complexity index is 382. The molecule has 94 valence electrons. The van der Waals surface area contributed by atoms with E-state index in [2.05, 4.69) is 5.32 Å². The van der Waals surface area contributed by atoms with Crippen LogP contribution in [0.5, 0.6) is 0 Å². The van der Waals surface area contributed by atoms with Crippen molar-refractivity contribution in [3.05, 3.63) is 34.9 Å². The molecule has 0 bridgehead atoms. The van der Waals surface area contributed by atoms with E-state index in [1.54, 1.807) is 6.92 Å². The summed E-state index contributed by atoms with van der Waals surface area (Å²) in [6.45, 7) is 5.67. The van der Waals surface area contributed by atoms with E-state index in [0.717, 1.165) is 11.1 Å². The first-order valence-corrected chi connectivity index (χ1v) is 5.71. The summed E-state index contributed by atoms with van der Waals surface area (Å²) in [4.78, 5) is 12.0. The highest BCUT2D eigenvalue weighted by Crippen LogP contribution is 2.12. The number of aliphatic hydroxyl groups is 1. The lowest BCUT2D eigenvalue weighted by Gasteiger charge is -2.16. The quantitative estimate of drug-likeness (QED) is 0.722. The molecule has 4 N–H and O–H groups in total. The lowest BCUT2D eigenvalue weighted by Crippen LogP contribution is -2.43. The molecular weight excluding hydrogens is 216 g/mol. The third-order valence-electron chi connectivity index (χ3n) is 2.83. The number of nitrogens with two attached hydrogens (primary N) is 1. The highest BCUT2D eigenvalue weighted by atomic mass is 16.3. The van der Waals surface area contributed by atoms with Crippen molar-refractivity contribution in [3.8, 4) is 0 Å². The van der Waals surface area contributed by atoms with E-state index in [0.29, 0.717) is 5.56 Å². The second-order valence-electron chi connectivity index (χ2n) is 4.38. The number of hydrogen-bond acceptors (Lipinski definition) is 3. The Morgan fingerprint density at radius 1 is 1.41 bits per heavy atom. The molecule has 4 heteroatoms. The van der Waals surface area contributed by atoms with Gasteiger partial charge in [-0.2, -0.15) is 0 Å². The van der Waals surface area contributed by atoms with Gasteiger partial charge in [0.2, 0.25) is 0 Å². The van der Waals surface area contributed by atoms with Crippen molar-refractivity contribution in [2.45, 2.75) is 32.9 Å². The number of carbonyl (C=O) groups is 1. The molecule has 1 aromatic carbocycles. The van der Waals surface area contributed by atoms with E-state index in [9.17, 15) is 9.90 Å². The molecule has 0 aliphatic carbocycles. The Kier molecular flexibility index (Phi) is 4.66. The SMILES string of the molecule is Cc1cccc(C)c1C(=O)NCC(N)C(C)O. The van der Waals surface area contributed by atoms with Gasteiger partial charge >= 0.3 is 0 Å². The number of aliphatic hydroxyl groups excluding tert-OH is 1. The summed E-state index contributed by atoms with van der Waals surface area (Å²) in [7, 11) is 0. The molecule has 4 nitrogen and oxygen atoms in total. The van der Waals surface area contributed by atoms with E-state index in [-0.39, 0.29) is 12.5 Å². The molecule has 0 fully saturated rings. The van der Waals surface area contributed by atoms with Gasteiger partial charge in [0.05, 0.1) is 6.10 Å². The van der Waals surface area contributed by atoms with Crippen LogP contribution in [0.3, 0.4) is 0 Å². The highest BCUT2D eigenvalue weighted by Gasteiger charge is 2.14. The van der Waals surface area contributed by atoms with Crippen molar-refractivity contribution >= 4 is 5.91 Å². The van der Waals surface area contributed by atoms with Gasteiger partial charge in [-0.1, -0.05) is 18.2 Å². The molecule has 0 aliphatic rings. The monoisotopic (exact) mass is 236 g/mol. The summed E-state index contributed by atoms with van der Waals surface area (Å²) >= 11 is 0. The number of amides is 1. The minimum Gasteiger partial charge on any atom is -0.392 e. The van der Waals surface area contributed by atoms with Crippen LogP contribution in [0.25, 0.3) is 0 Å². The van der Waals surface area contributed by atoms with Gasteiger partial charge in [-0.05, 0) is 31.9 Å². The first-order chi connectivity index (χ1) is 7.93. The van der Waals surface area contributed by atoms with Gasteiger partial charge in [0.25, 0.3) is 5.91 Å². The molecule has 0 radical (unpaired) electrons. The fraction of sp³-hybridized carbons (Fsp3) is 0.462. The molecule has 0 saturated heterocycles. The van der Waals surface area contributed by atoms with Crippen LogP contribution in [0, 0.1) is 13.8 Å². The van der Waals surface area contributed by atoms with E-state index >= 15 is 0 Å². The fourth-order valence-corrected chi connectivity index (χ4v) is 1.64. The number of nitrogens with one attached hydrogen (secondary N) is 1. The van der Waals surface area contributed by atoms with Gasteiger partial charge < -0.3 is 16.2 Å². The zero-order valence-corrected chi connectivity index (χ0v) is 10.5. The number of hydrogen-bond donors (Lipinski definition) is 3. The molecule has 1 aromatic rings. The largest absolute Gasteiger partial charge is 0.392 e. The van der Waals surface area contributed by atoms with E-state index in [4.69, 9.17) is 5.73 Å². The van der Waals surface area contributed by atoms with Crippen LogP contribution < -0.4 is 11.1 Å². The summed E-state index contributed by atoms with van der Waals surface area (Å²) in [6, 6.07) is 5.28. The second-order valence-corrected chi connectivity index (χ2v) is 4.38. The maximum Gasteiger partial charge on any atom is 0.251 e. The van der Waals surface area contributed by atoms with Gasteiger partial charge in [0, 0.05) is 18.2 Å².